The van der Waals surface area contributed by atoms with E-state index in [1.54, 1.807) is 0 Å². The molecule has 3 saturated carbocycles. The molecule has 3 fully saturated rings. The Morgan fingerprint density at radius 2 is 1.81 bits per heavy atom. The minimum absolute atomic E-state index is 0.0447. The summed E-state index contributed by atoms with van der Waals surface area (Å²) < 4.78 is 4.88. The van der Waals surface area contributed by atoms with E-state index >= 15 is 0 Å². The van der Waals surface area contributed by atoms with Crippen LogP contribution in [0.15, 0.2) is 12.2 Å². The van der Waals surface area contributed by atoms with Crippen molar-refractivity contribution in [2.75, 3.05) is 7.11 Å². The van der Waals surface area contributed by atoms with E-state index in [0.717, 1.165) is 36.0 Å². The number of carbonyl (C=O) groups excluding carboxylic acids is 1. The number of ether oxygens (including phenoxy) is 1. The van der Waals surface area contributed by atoms with Crippen LogP contribution in [0.3, 0.4) is 0 Å². The molecule has 0 bridgehead atoms. The number of methoxy groups -OCH3 is 1. The Balaban J connectivity index is 1.52. The van der Waals surface area contributed by atoms with Gasteiger partial charge in [-0.05, 0) is 91.3 Å². The van der Waals surface area contributed by atoms with Gasteiger partial charge in [0.05, 0.1) is 7.11 Å². The van der Waals surface area contributed by atoms with Gasteiger partial charge >= 0.3 is 5.97 Å². The third-order valence-electron chi connectivity index (χ3n) is 9.86. The van der Waals surface area contributed by atoms with Crippen molar-refractivity contribution >= 4 is 5.97 Å². The van der Waals surface area contributed by atoms with Crippen LogP contribution in [0.5, 0.6) is 0 Å². The van der Waals surface area contributed by atoms with Crippen LogP contribution in [-0.4, -0.2) is 13.1 Å². The second kappa shape index (κ2) is 7.23. The molecule has 0 spiro atoms. The van der Waals surface area contributed by atoms with Crippen LogP contribution in [0, 0.1) is 46.3 Å². The van der Waals surface area contributed by atoms with Crippen LogP contribution in [-0.2, 0) is 9.53 Å². The molecule has 0 radical (unpaired) electrons. The molecule has 0 aromatic heterocycles. The van der Waals surface area contributed by atoms with Crippen LogP contribution in [0.25, 0.3) is 0 Å². The largest absolute Gasteiger partial charge is 0.469 e. The van der Waals surface area contributed by atoms with Crippen molar-refractivity contribution in [1.29, 1.82) is 0 Å². The van der Waals surface area contributed by atoms with E-state index in [2.05, 4.69) is 32.9 Å². The highest BCUT2D eigenvalue weighted by Crippen LogP contribution is 2.66. The molecule has 0 N–H and O–H groups in total. The van der Waals surface area contributed by atoms with Gasteiger partial charge in [0.2, 0.25) is 0 Å². The second-order valence-electron chi connectivity index (χ2n) is 10.9. The molecule has 0 aromatic rings. The Morgan fingerprint density at radius 1 is 1.04 bits per heavy atom. The average Bonchev–Trinajstić information content (AvgIpc) is 3.02. The topological polar surface area (TPSA) is 26.3 Å². The van der Waals surface area contributed by atoms with Gasteiger partial charge in [0.25, 0.3) is 0 Å². The predicted octanol–water partition coefficient (Wildman–Crippen LogP) is 6.40. The molecule has 152 valence electrons. The summed E-state index contributed by atoms with van der Waals surface area (Å²) in [6, 6.07) is 0. The first-order chi connectivity index (χ1) is 12.9. The highest BCUT2D eigenvalue weighted by atomic mass is 16.5. The Kier molecular flexibility index (Phi) is 5.23. The number of hydrogen-bond acceptors (Lipinski definition) is 2. The molecule has 27 heavy (non-hydrogen) atoms. The number of rotatable bonds is 4. The van der Waals surface area contributed by atoms with Gasteiger partial charge in [-0.3, -0.25) is 4.79 Å². The molecule has 0 aliphatic heterocycles. The number of esters is 1. The fourth-order valence-corrected chi connectivity index (χ4v) is 8.28. The molecule has 2 nitrogen and oxygen atoms in total. The first-order valence-corrected chi connectivity index (χ1v) is 11.7. The van der Waals surface area contributed by atoms with E-state index in [1.165, 1.54) is 58.5 Å². The molecule has 0 unspecified atom stereocenters. The third-order valence-corrected chi connectivity index (χ3v) is 9.86. The Labute approximate surface area is 166 Å². The van der Waals surface area contributed by atoms with E-state index in [9.17, 15) is 4.79 Å². The Morgan fingerprint density at radius 3 is 2.59 bits per heavy atom. The molecule has 2 heteroatoms. The minimum atomic E-state index is -0.0447. The molecule has 4 aliphatic rings. The number of fused-ring (bicyclic) bond motifs is 5. The van der Waals surface area contributed by atoms with Crippen LogP contribution >= 0.6 is 0 Å². The Hall–Kier alpha value is -0.790. The smallest absolute Gasteiger partial charge is 0.305 e. The van der Waals surface area contributed by atoms with Crippen molar-refractivity contribution < 1.29 is 9.53 Å². The summed E-state index contributed by atoms with van der Waals surface area (Å²) in [5.41, 5.74) is 1.03. The molecule has 4 aliphatic carbocycles. The number of allylic oxidation sites excluding steroid dienone is 2. The lowest BCUT2D eigenvalue weighted by molar-refractivity contribution is -0.141. The first-order valence-electron chi connectivity index (χ1n) is 11.7. The van der Waals surface area contributed by atoms with Crippen molar-refractivity contribution in [1.82, 2.24) is 0 Å². The molecule has 0 aromatic carbocycles. The monoisotopic (exact) mass is 372 g/mol. The maximum atomic E-state index is 11.6. The van der Waals surface area contributed by atoms with Gasteiger partial charge in [-0.15, -0.1) is 0 Å². The van der Waals surface area contributed by atoms with Gasteiger partial charge < -0.3 is 4.74 Å². The van der Waals surface area contributed by atoms with Crippen molar-refractivity contribution in [3.8, 4) is 0 Å². The molecular formula is C25H40O2. The average molecular weight is 373 g/mol. The maximum absolute atomic E-state index is 11.6. The summed E-state index contributed by atoms with van der Waals surface area (Å²) in [5, 5.41) is 0. The van der Waals surface area contributed by atoms with E-state index in [0.29, 0.717) is 23.2 Å². The maximum Gasteiger partial charge on any atom is 0.305 e. The van der Waals surface area contributed by atoms with Crippen LogP contribution < -0.4 is 0 Å². The SMILES string of the molecule is COC(=O)CC[C@@H](C)[C@@H]1CC[C@@H]2[C@H]3C=C[C@H]4CCCC[C@]4(C)[C@@H]3CC[C@]21C. The Bertz CT molecular complexity index is 595. The molecule has 8 atom stereocenters. The van der Waals surface area contributed by atoms with Crippen molar-refractivity contribution in [2.45, 2.75) is 85.0 Å². The van der Waals surface area contributed by atoms with Gasteiger partial charge in [0.1, 0.15) is 0 Å². The summed E-state index contributed by atoms with van der Waals surface area (Å²) >= 11 is 0. The minimum Gasteiger partial charge on any atom is -0.469 e. The van der Waals surface area contributed by atoms with Crippen LogP contribution in [0.1, 0.15) is 85.0 Å². The number of hydrogen-bond donors (Lipinski definition) is 0. The summed E-state index contributed by atoms with van der Waals surface area (Å²) in [6.45, 7) is 7.62. The number of carbonyl (C=O) groups is 1. The van der Waals surface area contributed by atoms with Crippen LogP contribution in [0.4, 0.5) is 0 Å². The van der Waals surface area contributed by atoms with Crippen LogP contribution in [0.2, 0.25) is 0 Å². The normalized spacial score (nSPS) is 46.9. The van der Waals surface area contributed by atoms with Gasteiger partial charge in [0, 0.05) is 6.42 Å². The summed E-state index contributed by atoms with van der Waals surface area (Å²) in [7, 11) is 1.51. The fraction of sp³-hybridized carbons (Fsp3) is 0.880. The lowest BCUT2D eigenvalue weighted by atomic mass is 9.46. The second-order valence-corrected chi connectivity index (χ2v) is 10.9. The highest BCUT2D eigenvalue weighted by molar-refractivity contribution is 5.69. The van der Waals surface area contributed by atoms with E-state index in [-0.39, 0.29) is 5.97 Å². The molecule has 0 heterocycles. The van der Waals surface area contributed by atoms with Crippen molar-refractivity contribution in [2.24, 2.45) is 46.3 Å². The van der Waals surface area contributed by atoms with E-state index in [4.69, 9.17) is 4.74 Å². The molecule has 0 amide bonds. The quantitative estimate of drug-likeness (QED) is 0.421. The van der Waals surface area contributed by atoms with Gasteiger partial charge in [0.15, 0.2) is 0 Å². The summed E-state index contributed by atoms with van der Waals surface area (Å²) in [6.07, 6.45) is 18.2. The zero-order valence-electron chi connectivity index (χ0n) is 18.0. The fourth-order valence-electron chi connectivity index (χ4n) is 8.28. The highest BCUT2D eigenvalue weighted by Gasteiger charge is 2.58. The van der Waals surface area contributed by atoms with Gasteiger partial charge in [-0.1, -0.05) is 45.8 Å². The van der Waals surface area contributed by atoms with E-state index in [1.807, 2.05) is 0 Å². The molecule has 0 saturated heterocycles. The van der Waals surface area contributed by atoms with Crippen molar-refractivity contribution in [3.05, 3.63) is 12.2 Å². The van der Waals surface area contributed by atoms with Gasteiger partial charge in [-0.25, -0.2) is 0 Å². The van der Waals surface area contributed by atoms with Crippen molar-refractivity contribution in [3.63, 3.8) is 0 Å². The molecule has 4 rings (SSSR count). The standard InChI is InChI=1S/C25H40O2/c1-17(8-13-23(26)27-4)20-11-12-21-19-10-9-18-7-5-6-15-24(18,2)22(19)14-16-25(20,21)3/h9-10,17-22H,5-8,11-16H2,1-4H3/t17-,18-,19-,20+,21-,22-,24+,25+/m1/s1. The zero-order chi connectivity index (χ0) is 19.2. The summed E-state index contributed by atoms with van der Waals surface area (Å²) in [4.78, 5) is 11.6. The van der Waals surface area contributed by atoms with Gasteiger partial charge in [-0.2, -0.15) is 0 Å². The first kappa shape index (κ1) is 19.5. The molecular weight excluding hydrogens is 332 g/mol. The zero-order valence-corrected chi connectivity index (χ0v) is 18.0. The lowest BCUT2D eigenvalue weighted by Gasteiger charge is -2.58. The third kappa shape index (κ3) is 3.10. The lowest BCUT2D eigenvalue weighted by Crippen LogP contribution is -2.51. The summed E-state index contributed by atoms with van der Waals surface area (Å²) in [5.74, 6) is 4.78. The predicted molar refractivity (Wildman–Crippen MR) is 110 cm³/mol. The van der Waals surface area contributed by atoms with E-state index < -0.39 is 0 Å².